The molecule has 0 spiro atoms. The number of sulfone groups is 1. The molecule has 1 rings (SSSR count). The van der Waals surface area contributed by atoms with E-state index >= 15 is 0 Å². The summed E-state index contributed by atoms with van der Waals surface area (Å²) >= 11 is 0. The molecule has 0 aromatic rings. The highest BCUT2D eigenvalue weighted by atomic mass is 32.2. The van der Waals surface area contributed by atoms with Crippen LogP contribution in [-0.2, 0) is 14.6 Å². The lowest BCUT2D eigenvalue weighted by Crippen LogP contribution is -2.40. The zero-order valence-corrected chi connectivity index (χ0v) is 8.85. The molecule has 1 saturated heterocycles. The molecular formula is C8H17NO3S. The van der Waals surface area contributed by atoms with Crippen LogP contribution in [0.1, 0.15) is 6.42 Å². The molecule has 0 aliphatic carbocycles. The van der Waals surface area contributed by atoms with E-state index in [0.717, 1.165) is 19.6 Å². The van der Waals surface area contributed by atoms with E-state index in [1.54, 1.807) is 7.11 Å². The summed E-state index contributed by atoms with van der Waals surface area (Å²) in [6.45, 7) is 3.07. The van der Waals surface area contributed by atoms with Gasteiger partial charge >= 0.3 is 0 Å². The Morgan fingerprint density at radius 1 is 1.31 bits per heavy atom. The maximum absolute atomic E-state index is 11.1. The highest BCUT2D eigenvalue weighted by Crippen LogP contribution is 2.03. The molecule has 0 saturated carbocycles. The van der Waals surface area contributed by atoms with Gasteiger partial charge in [-0.1, -0.05) is 0 Å². The van der Waals surface area contributed by atoms with Crippen LogP contribution >= 0.6 is 0 Å². The summed E-state index contributed by atoms with van der Waals surface area (Å²) in [5, 5.41) is 0. The fourth-order valence-electron chi connectivity index (χ4n) is 1.41. The van der Waals surface area contributed by atoms with Crippen molar-refractivity contribution in [1.29, 1.82) is 0 Å². The molecule has 0 radical (unpaired) electrons. The van der Waals surface area contributed by atoms with Crippen LogP contribution in [0.2, 0.25) is 0 Å². The quantitative estimate of drug-likeness (QED) is 0.597. The Kier molecular flexibility index (Phi) is 4.15. The van der Waals surface area contributed by atoms with E-state index in [1.165, 1.54) is 0 Å². The first-order valence-corrected chi connectivity index (χ1v) is 6.38. The Hall–Kier alpha value is -0.130. The van der Waals surface area contributed by atoms with Crippen LogP contribution in [0.4, 0.5) is 0 Å². The first-order chi connectivity index (χ1) is 6.14. The minimum Gasteiger partial charge on any atom is -0.385 e. The van der Waals surface area contributed by atoms with Crippen molar-refractivity contribution in [2.75, 3.05) is 44.9 Å². The highest BCUT2D eigenvalue weighted by molar-refractivity contribution is 7.91. The largest absolute Gasteiger partial charge is 0.385 e. The first-order valence-electron chi connectivity index (χ1n) is 4.56. The predicted octanol–water partition coefficient (Wildman–Crippen LogP) is -0.247. The van der Waals surface area contributed by atoms with E-state index in [-0.39, 0.29) is 0 Å². The molecule has 0 aromatic heterocycles. The Labute approximate surface area is 79.8 Å². The smallest absolute Gasteiger partial charge is 0.152 e. The van der Waals surface area contributed by atoms with Gasteiger partial charge in [-0.05, 0) is 6.42 Å². The molecule has 5 heteroatoms. The van der Waals surface area contributed by atoms with Crippen LogP contribution < -0.4 is 0 Å². The summed E-state index contributed by atoms with van der Waals surface area (Å²) in [6.07, 6.45) is 0.983. The van der Waals surface area contributed by atoms with Crippen LogP contribution in [0.15, 0.2) is 0 Å². The number of hydrogen-bond acceptors (Lipinski definition) is 4. The molecule has 1 heterocycles. The van der Waals surface area contributed by atoms with Gasteiger partial charge < -0.3 is 9.64 Å². The van der Waals surface area contributed by atoms with Gasteiger partial charge in [0, 0.05) is 33.4 Å². The Bertz CT molecular complexity index is 224. The molecule has 78 valence electrons. The van der Waals surface area contributed by atoms with Crippen molar-refractivity contribution in [3.05, 3.63) is 0 Å². The van der Waals surface area contributed by atoms with E-state index < -0.39 is 9.84 Å². The average molecular weight is 207 g/mol. The molecule has 1 aliphatic rings. The average Bonchev–Trinajstić information content (AvgIpc) is 2.08. The van der Waals surface area contributed by atoms with Crippen LogP contribution in [0.25, 0.3) is 0 Å². The summed E-state index contributed by atoms with van der Waals surface area (Å²) in [6, 6.07) is 0. The van der Waals surface area contributed by atoms with E-state index in [1.807, 2.05) is 0 Å². The number of ether oxygens (including phenoxy) is 1. The van der Waals surface area contributed by atoms with Gasteiger partial charge in [0.15, 0.2) is 9.84 Å². The van der Waals surface area contributed by atoms with E-state index in [9.17, 15) is 8.42 Å². The summed E-state index contributed by atoms with van der Waals surface area (Å²) in [5.74, 6) is 0.639. The fourth-order valence-corrected chi connectivity index (χ4v) is 2.68. The monoisotopic (exact) mass is 207 g/mol. The molecule has 4 nitrogen and oxygen atoms in total. The van der Waals surface area contributed by atoms with Gasteiger partial charge in [0.2, 0.25) is 0 Å². The standard InChI is InChI=1S/C8H17NO3S/c1-12-6-2-3-9-4-7-13(10,11)8-5-9/h2-8H2,1H3. The Morgan fingerprint density at radius 2 is 1.92 bits per heavy atom. The summed E-state index contributed by atoms with van der Waals surface area (Å²) < 4.78 is 27.1. The zero-order chi connectivity index (χ0) is 9.73. The van der Waals surface area contributed by atoms with Crippen LogP contribution in [-0.4, -0.2) is 58.2 Å². The molecule has 0 bridgehead atoms. The van der Waals surface area contributed by atoms with Gasteiger partial charge in [0.05, 0.1) is 11.5 Å². The molecule has 0 atom stereocenters. The van der Waals surface area contributed by atoms with Gasteiger partial charge in [0.1, 0.15) is 0 Å². The number of rotatable bonds is 4. The maximum Gasteiger partial charge on any atom is 0.152 e. The van der Waals surface area contributed by atoms with Crippen molar-refractivity contribution in [1.82, 2.24) is 4.90 Å². The molecule has 1 fully saturated rings. The fraction of sp³-hybridized carbons (Fsp3) is 1.00. The van der Waals surface area contributed by atoms with Crippen molar-refractivity contribution in [2.24, 2.45) is 0 Å². The number of methoxy groups -OCH3 is 1. The number of nitrogens with zero attached hydrogens (tertiary/aromatic N) is 1. The SMILES string of the molecule is COCCCN1CCS(=O)(=O)CC1. The second kappa shape index (κ2) is 4.93. The summed E-state index contributed by atoms with van der Waals surface area (Å²) in [7, 11) is -1.04. The van der Waals surface area contributed by atoms with Gasteiger partial charge in [0.25, 0.3) is 0 Å². The van der Waals surface area contributed by atoms with Crippen LogP contribution in [0.5, 0.6) is 0 Å². The summed E-state index contributed by atoms with van der Waals surface area (Å²) in [5.41, 5.74) is 0. The Morgan fingerprint density at radius 3 is 2.46 bits per heavy atom. The van der Waals surface area contributed by atoms with Crippen molar-refractivity contribution in [3.8, 4) is 0 Å². The molecule has 0 unspecified atom stereocenters. The van der Waals surface area contributed by atoms with Crippen molar-refractivity contribution >= 4 is 9.84 Å². The molecule has 0 aromatic carbocycles. The van der Waals surface area contributed by atoms with Crippen molar-refractivity contribution < 1.29 is 13.2 Å². The van der Waals surface area contributed by atoms with E-state index in [0.29, 0.717) is 24.6 Å². The minimum atomic E-state index is -2.72. The Balaban J connectivity index is 2.18. The van der Waals surface area contributed by atoms with E-state index in [4.69, 9.17) is 4.74 Å². The first kappa shape index (κ1) is 10.9. The normalized spacial score (nSPS) is 23.2. The zero-order valence-electron chi connectivity index (χ0n) is 8.03. The van der Waals surface area contributed by atoms with E-state index in [2.05, 4.69) is 4.90 Å². The van der Waals surface area contributed by atoms with Gasteiger partial charge in [-0.25, -0.2) is 8.42 Å². The second-order valence-electron chi connectivity index (χ2n) is 3.34. The van der Waals surface area contributed by atoms with Crippen LogP contribution in [0, 0.1) is 0 Å². The van der Waals surface area contributed by atoms with Crippen molar-refractivity contribution in [3.63, 3.8) is 0 Å². The summed E-state index contributed by atoms with van der Waals surface area (Å²) in [4.78, 5) is 2.18. The second-order valence-corrected chi connectivity index (χ2v) is 5.64. The molecular weight excluding hydrogens is 190 g/mol. The topological polar surface area (TPSA) is 46.6 Å². The van der Waals surface area contributed by atoms with Gasteiger partial charge in [-0.3, -0.25) is 0 Å². The van der Waals surface area contributed by atoms with Crippen molar-refractivity contribution in [2.45, 2.75) is 6.42 Å². The predicted molar refractivity (Wildman–Crippen MR) is 51.6 cm³/mol. The third-order valence-electron chi connectivity index (χ3n) is 2.26. The maximum atomic E-state index is 11.1. The van der Waals surface area contributed by atoms with Crippen LogP contribution in [0.3, 0.4) is 0 Å². The van der Waals surface area contributed by atoms with Gasteiger partial charge in [-0.15, -0.1) is 0 Å². The lowest BCUT2D eigenvalue weighted by molar-refractivity contribution is 0.175. The molecule has 0 amide bonds. The lowest BCUT2D eigenvalue weighted by Gasteiger charge is -2.26. The third kappa shape index (κ3) is 4.06. The molecule has 1 aliphatic heterocycles. The minimum absolute atomic E-state index is 0.319. The molecule has 0 N–H and O–H groups in total. The third-order valence-corrected chi connectivity index (χ3v) is 3.87. The number of hydrogen-bond donors (Lipinski definition) is 0. The lowest BCUT2D eigenvalue weighted by atomic mass is 10.4. The van der Waals surface area contributed by atoms with Gasteiger partial charge in [-0.2, -0.15) is 0 Å². The molecule has 13 heavy (non-hydrogen) atoms. The highest BCUT2D eigenvalue weighted by Gasteiger charge is 2.20.